The SMILES string of the molecule is CCC(C)(C)OCC(CO)(NC(C)C)C1CC1. The summed E-state index contributed by atoms with van der Waals surface area (Å²) < 4.78 is 6.01. The summed E-state index contributed by atoms with van der Waals surface area (Å²) in [5.41, 5.74) is -0.339. The summed E-state index contributed by atoms with van der Waals surface area (Å²) in [5, 5.41) is 13.3. The molecule has 0 spiro atoms. The summed E-state index contributed by atoms with van der Waals surface area (Å²) in [5.74, 6) is 0.572. The average Bonchev–Trinajstić information content (AvgIpc) is 3.08. The molecule has 0 aromatic carbocycles. The minimum atomic E-state index is -0.236. The van der Waals surface area contributed by atoms with Crippen LogP contribution in [-0.4, -0.2) is 35.5 Å². The third-order valence-corrected chi connectivity index (χ3v) is 3.79. The van der Waals surface area contributed by atoms with Gasteiger partial charge in [-0.25, -0.2) is 0 Å². The van der Waals surface area contributed by atoms with E-state index in [9.17, 15) is 5.11 Å². The van der Waals surface area contributed by atoms with E-state index in [1.54, 1.807) is 0 Å². The van der Waals surface area contributed by atoms with Gasteiger partial charge in [0.05, 0.1) is 24.4 Å². The number of ether oxygens (including phenoxy) is 1. The molecular weight excluding hydrogens is 214 g/mol. The smallest absolute Gasteiger partial charge is 0.0681 e. The monoisotopic (exact) mass is 243 g/mol. The Hall–Kier alpha value is -0.120. The summed E-state index contributed by atoms with van der Waals surface area (Å²) >= 11 is 0. The lowest BCUT2D eigenvalue weighted by atomic mass is 9.93. The van der Waals surface area contributed by atoms with Gasteiger partial charge in [0.1, 0.15) is 0 Å². The molecule has 1 unspecified atom stereocenters. The fourth-order valence-electron chi connectivity index (χ4n) is 2.13. The second kappa shape index (κ2) is 5.68. The van der Waals surface area contributed by atoms with Gasteiger partial charge in [0.25, 0.3) is 0 Å². The predicted molar refractivity (Wildman–Crippen MR) is 71.1 cm³/mol. The maximum absolute atomic E-state index is 9.76. The predicted octanol–water partition coefficient (Wildman–Crippen LogP) is 2.33. The van der Waals surface area contributed by atoms with E-state index in [2.05, 4.69) is 39.9 Å². The number of nitrogens with one attached hydrogen (secondary N) is 1. The van der Waals surface area contributed by atoms with Crippen molar-refractivity contribution in [2.75, 3.05) is 13.2 Å². The van der Waals surface area contributed by atoms with Gasteiger partial charge in [0.2, 0.25) is 0 Å². The summed E-state index contributed by atoms with van der Waals surface area (Å²) in [6.45, 7) is 11.4. The quantitative estimate of drug-likeness (QED) is 0.687. The van der Waals surface area contributed by atoms with Gasteiger partial charge in [-0.05, 0) is 39.0 Å². The molecule has 3 nitrogen and oxygen atoms in total. The first kappa shape index (κ1) is 14.9. The van der Waals surface area contributed by atoms with E-state index in [4.69, 9.17) is 4.74 Å². The molecule has 1 saturated carbocycles. The van der Waals surface area contributed by atoms with Crippen molar-refractivity contribution in [1.82, 2.24) is 5.32 Å². The summed E-state index contributed by atoms with van der Waals surface area (Å²) in [6.07, 6.45) is 3.40. The zero-order valence-electron chi connectivity index (χ0n) is 12.0. The van der Waals surface area contributed by atoms with Crippen LogP contribution in [-0.2, 0) is 4.74 Å². The normalized spacial score (nSPS) is 20.6. The first-order chi connectivity index (χ1) is 7.85. The van der Waals surface area contributed by atoms with Crippen LogP contribution in [0.1, 0.15) is 53.9 Å². The van der Waals surface area contributed by atoms with Gasteiger partial charge in [-0.15, -0.1) is 0 Å². The molecule has 0 aromatic heterocycles. The molecule has 0 saturated heterocycles. The lowest BCUT2D eigenvalue weighted by molar-refractivity contribution is -0.0688. The van der Waals surface area contributed by atoms with E-state index in [0.29, 0.717) is 18.6 Å². The Morgan fingerprint density at radius 1 is 1.35 bits per heavy atom. The molecule has 1 atom stereocenters. The molecule has 0 bridgehead atoms. The Labute approximate surface area is 106 Å². The highest BCUT2D eigenvalue weighted by atomic mass is 16.5. The van der Waals surface area contributed by atoms with Gasteiger partial charge in [-0.3, -0.25) is 0 Å². The van der Waals surface area contributed by atoms with Crippen LogP contribution in [0.4, 0.5) is 0 Å². The van der Waals surface area contributed by atoms with Gasteiger partial charge in [0, 0.05) is 6.04 Å². The molecule has 0 aromatic rings. The molecule has 0 amide bonds. The van der Waals surface area contributed by atoms with Crippen molar-refractivity contribution >= 4 is 0 Å². The van der Waals surface area contributed by atoms with Crippen molar-refractivity contribution in [3.63, 3.8) is 0 Å². The standard InChI is InChI=1S/C14H29NO2/c1-6-13(4,5)17-10-14(9-16,12-7-8-12)15-11(2)3/h11-12,15-16H,6-10H2,1-5H3. The van der Waals surface area contributed by atoms with Crippen LogP contribution in [0.25, 0.3) is 0 Å². The third-order valence-electron chi connectivity index (χ3n) is 3.79. The van der Waals surface area contributed by atoms with Gasteiger partial charge < -0.3 is 15.2 Å². The van der Waals surface area contributed by atoms with E-state index in [1.165, 1.54) is 12.8 Å². The van der Waals surface area contributed by atoms with Crippen LogP contribution in [0.15, 0.2) is 0 Å². The highest BCUT2D eigenvalue weighted by Crippen LogP contribution is 2.40. The van der Waals surface area contributed by atoms with E-state index < -0.39 is 0 Å². The topological polar surface area (TPSA) is 41.5 Å². The maximum Gasteiger partial charge on any atom is 0.0681 e. The molecular formula is C14H29NO2. The van der Waals surface area contributed by atoms with Crippen LogP contribution in [0.3, 0.4) is 0 Å². The minimum Gasteiger partial charge on any atom is -0.394 e. The molecule has 1 fully saturated rings. The fraction of sp³-hybridized carbons (Fsp3) is 1.00. The Bertz CT molecular complexity index is 236. The van der Waals surface area contributed by atoms with Crippen LogP contribution < -0.4 is 5.32 Å². The van der Waals surface area contributed by atoms with Crippen LogP contribution >= 0.6 is 0 Å². The van der Waals surface area contributed by atoms with Gasteiger partial charge in [-0.1, -0.05) is 20.8 Å². The molecule has 0 heterocycles. The zero-order chi connectivity index (χ0) is 13.1. The Balaban J connectivity index is 2.63. The first-order valence-electron chi connectivity index (χ1n) is 6.88. The van der Waals surface area contributed by atoms with Crippen molar-refractivity contribution in [3.8, 4) is 0 Å². The molecule has 1 aliphatic rings. The number of hydrogen-bond acceptors (Lipinski definition) is 3. The molecule has 1 aliphatic carbocycles. The maximum atomic E-state index is 9.76. The summed E-state index contributed by atoms with van der Waals surface area (Å²) in [7, 11) is 0. The highest BCUT2D eigenvalue weighted by Gasteiger charge is 2.46. The molecule has 3 heteroatoms. The summed E-state index contributed by atoms with van der Waals surface area (Å²) in [6, 6.07) is 0.371. The van der Waals surface area contributed by atoms with Gasteiger partial charge in [0.15, 0.2) is 0 Å². The van der Waals surface area contributed by atoms with Crippen LogP contribution in [0.2, 0.25) is 0 Å². The zero-order valence-corrected chi connectivity index (χ0v) is 12.0. The fourth-order valence-corrected chi connectivity index (χ4v) is 2.13. The second-order valence-corrected chi connectivity index (χ2v) is 6.29. The lowest BCUT2D eigenvalue weighted by Crippen LogP contribution is -2.57. The van der Waals surface area contributed by atoms with Crippen LogP contribution in [0, 0.1) is 5.92 Å². The average molecular weight is 243 g/mol. The van der Waals surface area contributed by atoms with Gasteiger partial charge >= 0.3 is 0 Å². The number of rotatable bonds is 8. The molecule has 2 N–H and O–H groups in total. The summed E-state index contributed by atoms with van der Waals surface area (Å²) in [4.78, 5) is 0. The minimum absolute atomic E-state index is 0.103. The molecule has 17 heavy (non-hydrogen) atoms. The second-order valence-electron chi connectivity index (χ2n) is 6.29. The van der Waals surface area contributed by atoms with Crippen LogP contribution in [0.5, 0.6) is 0 Å². The Morgan fingerprint density at radius 3 is 2.29 bits per heavy atom. The Morgan fingerprint density at radius 2 is 1.94 bits per heavy atom. The van der Waals surface area contributed by atoms with Crippen molar-refractivity contribution in [1.29, 1.82) is 0 Å². The molecule has 1 rings (SSSR count). The molecule has 102 valence electrons. The van der Waals surface area contributed by atoms with Crippen molar-refractivity contribution in [2.24, 2.45) is 5.92 Å². The first-order valence-corrected chi connectivity index (χ1v) is 6.88. The molecule has 0 radical (unpaired) electrons. The Kier molecular flexibility index (Phi) is 4.99. The largest absolute Gasteiger partial charge is 0.394 e. The number of aliphatic hydroxyl groups excluding tert-OH is 1. The number of aliphatic hydroxyl groups is 1. The van der Waals surface area contributed by atoms with E-state index in [0.717, 1.165) is 6.42 Å². The van der Waals surface area contributed by atoms with Crippen molar-refractivity contribution in [2.45, 2.75) is 71.1 Å². The van der Waals surface area contributed by atoms with E-state index in [1.807, 2.05) is 0 Å². The highest BCUT2D eigenvalue weighted by molar-refractivity contribution is 5.02. The van der Waals surface area contributed by atoms with Crippen molar-refractivity contribution < 1.29 is 9.84 Å². The molecule has 0 aliphatic heterocycles. The van der Waals surface area contributed by atoms with E-state index in [-0.39, 0.29) is 17.7 Å². The van der Waals surface area contributed by atoms with E-state index >= 15 is 0 Å². The lowest BCUT2D eigenvalue weighted by Gasteiger charge is -2.38. The van der Waals surface area contributed by atoms with Crippen molar-refractivity contribution in [3.05, 3.63) is 0 Å². The van der Waals surface area contributed by atoms with Gasteiger partial charge in [-0.2, -0.15) is 0 Å². The third kappa shape index (κ3) is 4.23. The number of hydrogen-bond donors (Lipinski definition) is 2.